The van der Waals surface area contributed by atoms with Crippen LogP contribution in [0, 0.1) is 0 Å². The first-order valence-electron chi connectivity index (χ1n) is 10.4. The summed E-state index contributed by atoms with van der Waals surface area (Å²) in [6, 6.07) is 28.7. The van der Waals surface area contributed by atoms with E-state index in [0.717, 1.165) is 17.3 Å². The van der Waals surface area contributed by atoms with Gasteiger partial charge in [-0.15, -0.1) is 35.3 Å². The minimum absolute atomic E-state index is 0.282. The molecule has 0 aliphatic rings. The van der Waals surface area contributed by atoms with Crippen LogP contribution in [-0.4, -0.2) is 15.3 Å². The number of hydrogen-bond acceptors (Lipinski definition) is 6. The molecule has 33 heavy (non-hydrogen) atoms. The van der Waals surface area contributed by atoms with Gasteiger partial charge < -0.3 is 15.3 Å². The summed E-state index contributed by atoms with van der Waals surface area (Å²) in [5.74, 6) is 3.33. The van der Waals surface area contributed by atoms with Crippen molar-refractivity contribution in [3.8, 4) is 17.2 Å². The first kappa shape index (κ1) is 23.5. The number of phenolic OH excluding ortho intramolecular Hbond substituents is 3. The van der Waals surface area contributed by atoms with Gasteiger partial charge in [-0.1, -0.05) is 36.4 Å². The van der Waals surface area contributed by atoms with E-state index in [9.17, 15) is 15.3 Å². The fourth-order valence-electron chi connectivity index (χ4n) is 3.07. The van der Waals surface area contributed by atoms with Crippen molar-refractivity contribution in [2.75, 3.05) is 0 Å². The summed E-state index contributed by atoms with van der Waals surface area (Å²) in [5.41, 5.74) is 3.50. The topological polar surface area (TPSA) is 60.7 Å². The maximum absolute atomic E-state index is 9.51. The highest BCUT2D eigenvalue weighted by Gasteiger charge is 2.06. The molecule has 0 amide bonds. The molecule has 0 spiro atoms. The van der Waals surface area contributed by atoms with Gasteiger partial charge in [0.25, 0.3) is 0 Å². The highest BCUT2D eigenvalue weighted by atomic mass is 32.2. The summed E-state index contributed by atoms with van der Waals surface area (Å²) < 4.78 is 0. The summed E-state index contributed by atoms with van der Waals surface area (Å²) in [6.07, 6.45) is 0. The van der Waals surface area contributed by atoms with Crippen molar-refractivity contribution in [3.05, 3.63) is 108 Å². The predicted molar refractivity (Wildman–Crippen MR) is 139 cm³/mol. The van der Waals surface area contributed by atoms with Gasteiger partial charge in [-0.2, -0.15) is 0 Å². The highest BCUT2D eigenvalue weighted by molar-refractivity contribution is 8.00. The summed E-state index contributed by atoms with van der Waals surface area (Å²) in [4.78, 5) is 3.60. The van der Waals surface area contributed by atoms with Gasteiger partial charge in [0.1, 0.15) is 17.2 Å². The van der Waals surface area contributed by atoms with E-state index >= 15 is 0 Å². The van der Waals surface area contributed by atoms with Crippen molar-refractivity contribution in [3.63, 3.8) is 0 Å². The zero-order chi connectivity index (χ0) is 23.0. The Kier molecular flexibility index (Phi) is 8.15. The fraction of sp³-hybridized carbons (Fsp3) is 0.111. The Morgan fingerprint density at radius 2 is 0.636 bits per heavy atom. The van der Waals surface area contributed by atoms with Crippen molar-refractivity contribution in [2.45, 2.75) is 31.9 Å². The minimum Gasteiger partial charge on any atom is -0.508 e. The first-order valence-corrected chi connectivity index (χ1v) is 13.4. The first-order chi connectivity index (χ1) is 16.0. The lowest BCUT2D eigenvalue weighted by atomic mass is 10.2. The number of hydrogen-bond donors (Lipinski definition) is 3. The summed E-state index contributed by atoms with van der Waals surface area (Å²) >= 11 is 5.34. The molecule has 0 radical (unpaired) electrons. The summed E-state index contributed by atoms with van der Waals surface area (Å²) in [7, 11) is 0. The van der Waals surface area contributed by atoms with E-state index in [-0.39, 0.29) is 17.2 Å². The third-order valence-corrected chi connectivity index (χ3v) is 8.02. The zero-order valence-corrected chi connectivity index (χ0v) is 20.3. The third-order valence-electron chi connectivity index (χ3n) is 4.88. The van der Waals surface area contributed by atoms with E-state index in [1.807, 2.05) is 36.4 Å². The Morgan fingerprint density at radius 1 is 0.394 bits per heavy atom. The molecule has 3 N–H and O–H groups in total. The second-order valence-electron chi connectivity index (χ2n) is 7.51. The monoisotopic (exact) mass is 492 g/mol. The van der Waals surface area contributed by atoms with Gasteiger partial charge in [0.15, 0.2) is 0 Å². The molecule has 3 nitrogen and oxygen atoms in total. The van der Waals surface area contributed by atoms with Crippen LogP contribution in [0.25, 0.3) is 0 Å². The number of thioether (sulfide) groups is 3. The molecule has 168 valence electrons. The molecular weight excluding hydrogens is 468 g/mol. The molecule has 0 heterocycles. The average molecular weight is 493 g/mol. The molecule has 0 aromatic heterocycles. The van der Waals surface area contributed by atoms with Gasteiger partial charge in [0.2, 0.25) is 0 Å². The molecule has 0 saturated carbocycles. The predicted octanol–water partition coefficient (Wildman–Crippen LogP) is 7.68. The second kappa shape index (κ2) is 11.5. The quantitative estimate of drug-likeness (QED) is 0.208. The largest absolute Gasteiger partial charge is 0.508 e. The fourth-order valence-corrected chi connectivity index (χ4v) is 6.14. The van der Waals surface area contributed by atoms with Crippen molar-refractivity contribution in [2.24, 2.45) is 0 Å². The van der Waals surface area contributed by atoms with Crippen LogP contribution in [0.4, 0.5) is 0 Å². The van der Waals surface area contributed by atoms with Crippen LogP contribution < -0.4 is 0 Å². The Bertz CT molecular complexity index is 1010. The Hall–Kier alpha value is -2.67. The highest BCUT2D eigenvalue weighted by Crippen LogP contribution is 2.35. The second-order valence-corrected chi connectivity index (χ2v) is 10.7. The lowest BCUT2D eigenvalue weighted by molar-refractivity contribution is 0.474. The number of rotatable bonds is 9. The minimum atomic E-state index is 0.282. The Labute approximate surface area is 206 Å². The van der Waals surface area contributed by atoms with Crippen LogP contribution in [0.5, 0.6) is 17.2 Å². The Balaban J connectivity index is 1.48. The van der Waals surface area contributed by atoms with Crippen molar-refractivity contribution in [1.82, 2.24) is 0 Å². The van der Waals surface area contributed by atoms with E-state index in [1.54, 1.807) is 71.7 Å². The normalized spacial score (nSPS) is 10.9. The van der Waals surface area contributed by atoms with E-state index in [1.165, 1.54) is 31.4 Å². The van der Waals surface area contributed by atoms with Crippen LogP contribution >= 0.6 is 35.3 Å². The molecule has 0 atom stereocenters. The smallest absolute Gasteiger partial charge is 0.115 e. The maximum atomic E-state index is 9.51. The molecular formula is C27H24O3S3. The lowest BCUT2D eigenvalue weighted by Crippen LogP contribution is -1.86. The van der Waals surface area contributed by atoms with E-state index < -0.39 is 0 Å². The zero-order valence-electron chi connectivity index (χ0n) is 17.8. The lowest BCUT2D eigenvalue weighted by Gasteiger charge is -2.10. The van der Waals surface area contributed by atoms with E-state index in [0.29, 0.717) is 0 Å². The molecule has 4 aromatic rings. The van der Waals surface area contributed by atoms with Crippen LogP contribution in [0.3, 0.4) is 0 Å². The van der Waals surface area contributed by atoms with Gasteiger partial charge >= 0.3 is 0 Å². The molecule has 0 aliphatic heterocycles. The standard InChI is InChI=1S/C27H24O3S3/c28-22-7-1-19(2-8-22)16-31-25-13-26(32-17-20-3-9-23(29)10-4-20)15-27(14-25)33-18-21-5-11-24(30)12-6-21/h1-15,28-30H,16-18H2. The van der Waals surface area contributed by atoms with E-state index in [2.05, 4.69) is 18.2 Å². The van der Waals surface area contributed by atoms with Crippen molar-refractivity contribution in [1.29, 1.82) is 0 Å². The molecule has 0 unspecified atom stereocenters. The molecule has 4 aromatic carbocycles. The van der Waals surface area contributed by atoms with Gasteiger partial charge in [0.05, 0.1) is 0 Å². The molecule has 4 rings (SSSR count). The van der Waals surface area contributed by atoms with E-state index in [4.69, 9.17) is 0 Å². The third kappa shape index (κ3) is 7.42. The van der Waals surface area contributed by atoms with Gasteiger partial charge in [-0.25, -0.2) is 0 Å². The van der Waals surface area contributed by atoms with Crippen molar-refractivity contribution >= 4 is 35.3 Å². The van der Waals surface area contributed by atoms with Gasteiger partial charge in [-0.05, 0) is 71.3 Å². The van der Waals surface area contributed by atoms with Crippen LogP contribution in [0.15, 0.2) is 106 Å². The SMILES string of the molecule is Oc1ccc(CSc2cc(SCc3ccc(O)cc3)cc(SCc3ccc(O)cc3)c2)cc1. The van der Waals surface area contributed by atoms with Crippen LogP contribution in [0.1, 0.15) is 16.7 Å². The number of phenols is 3. The van der Waals surface area contributed by atoms with Gasteiger partial charge in [-0.3, -0.25) is 0 Å². The van der Waals surface area contributed by atoms with Crippen LogP contribution in [0.2, 0.25) is 0 Å². The number of aromatic hydroxyl groups is 3. The number of benzene rings is 4. The molecule has 0 aliphatic carbocycles. The van der Waals surface area contributed by atoms with Crippen molar-refractivity contribution < 1.29 is 15.3 Å². The molecule has 0 saturated heterocycles. The Morgan fingerprint density at radius 3 is 0.879 bits per heavy atom. The van der Waals surface area contributed by atoms with Gasteiger partial charge in [0, 0.05) is 31.9 Å². The summed E-state index contributed by atoms with van der Waals surface area (Å²) in [6.45, 7) is 0. The summed E-state index contributed by atoms with van der Waals surface area (Å²) in [5, 5.41) is 28.5. The van der Waals surface area contributed by atoms with Crippen LogP contribution in [-0.2, 0) is 17.3 Å². The maximum Gasteiger partial charge on any atom is 0.115 e. The average Bonchev–Trinajstić information content (AvgIpc) is 2.83. The molecule has 0 bridgehead atoms. The molecule has 6 heteroatoms. The molecule has 0 fully saturated rings.